The van der Waals surface area contributed by atoms with Gasteiger partial charge in [-0.25, -0.2) is 15.0 Å². The van der Waals surface area contributed by atoms with Crippen LogP contribution in [0.25, 0.3) is 11.1 Å². The van der Waals surface area contributed by atoms with Gasteiger partial charge in [0, 0.05) is 24.2 Å². The number of hydrogen-bond acceptors (Lipinski definition) is 8. The van der Waals surface area contributed by atoms with Gasteiger partial charge in [0.15, 0.2) is 0 Å². The van der Waals surface area contributed by atoms with Crippen LogP contribution in [0.15, 0.2) is 16.8 Å². The molecule has 1 aliphatic heterocycles. The summed E-state index contributed by atoms with van der Waals surface area (Å²) in [4.78, 5) is 33.1. The highest BCUT2D eigenvalue weighted by molar-refractivity contribution is 5.95. The first-order valence-corrected chi connectivity index (χ1v) is 11.4. The van der Waals surface area contributed by atoms with Gasteiger partial charge in [0.2, 0.25) is 11.5 Å². The van der Waals surface area contributed by atoms with Crippen molar-refractivity contribution in [1.29, 1.82) is 0 Å². The maximum absolute atomic E-state index is 13.4. The molecule has 166 valence electrons. The van der Waals surface area contributed by atoms with E-state index in [-0.39, 0.29) is 17.3 Å². The van der Waals surface area contributed by atoms with Gasteiger partial charge in [0.05, 0.1) is 17.6 Å². The number of nitrogens with one attached hydrogen (secondary N) is 2. The van der Waals surface area contributed by atoms with Crippen LogP contribution in [0.5, 0.6) is 0 Å². The van der Waals surface area contributed by atoms with Crippen molar-refractivity contribution in [3.8, 4) is 0 Å². The van der Waals surface area contributed by atoms with Crippen LogP contribution in [0.3, 0.4) is 0 Å². The van der Waals surface area contributed by atoms with E-state index in [0.29, 0.717) is 31.0 Å². The fourth-order valence-corrected chi connectivity index (χ4v) is 4.22. The fraction of sp³-hybridized carbons (Fsp3) is 0.522. The summed E-state index contributed by atoms with van der Waals surface area (Å²) in [5, 5.41) is 7.77. The van der Waals surface area contributed by atoms with Gasteiger partial charge in [-0.2, -0.15) is 4.98 Å². The number of hydrogen-bond donors (Lipinski definition) is 2. The van der Waals surface area contributed by atoms with Gasteiger partial charge in [0.25, 0.3) is 5.91 Å². The molecule has 2 aliphatic carbocycles. The van der Waals surface area contributed by atoms with E-state index >= 15 is 0 Å². The molecule has 32 heavy (non-hydrogen) atoms. The summed E-state index contributed by atoms with van der Waals surface area (Å²) < 4.78 is 5.75. The molecule has 0 aromatic carbocycles. The van der Waals surface area contributed by atoms with Crippen LogP contribution < -0.4 is 10.6 Å². The number of amides is 1. The minimum atomic E-state index is -0.207. The first-order chi connectivity index (χ1) is 15.5. The minimum Gasteiger partial charge on any atom is -0.443 e. The smallest absolute Gasteiger partial charge is 0.292 e. The molecule has 1 amide bonds. The first kappa shape index (κ1) is 19.5. The lowest BCUT2D eigenvalue weighted by Crippen LogP contribution is -2.38. The number of fused-ring (bicyclic) bond motifs is 2. The molecule has 0 radical (unpaired) electrons. The van der Waals surface area contributed by atoms with E-state index in [4.69, 9.17) is 4.42 Å². The lowest BCUT2D eigenvalue weighted by Gasteiger charge is -2.28. The molecule has 0 saturated heterocycles. The fourth-order valence-electron chi connectivity index (χ4n) is 4.22. The van der Waals surface area contributed by atoms with Gasteiger partial charge in [-0.1, -0.05) is 0 Å². The highest BCUT2D eigenvalue weighted by atomic mass is 16.3. The highest BCUT2D eigenvalue weighted by Gasteiger charge is 2.38. The van der Waals surface area contributed by atoms with Gasteiger partial charge in [-0.05, 0) is 57.9 Å². The van der Waals surface area contributed by atoms with Crippen LogP contribution in [-0.2, 0) is 13.0 Å². The Kier molecular flexibility index (Phi) is 4.34. The van der Waals surface area contributed by atoms with E-state index in [1.807, 2.05) is 13.0 Å². The Morgan fingerprint density at radius 1 is 1.25 bits per heavy atom. The average molecular weight is 434 g/mol. The highest BCUT2D eigenvalue weighted by Crippen LogP contribution is 2.39. The van der Waals surface area contributed by atoms with Gasteiger partial charge >= 0.3 is 0 Å². The third-order valence-corrected chi connectivity index (χ3v) is 6.68. The third kappa shape index (κ3) is 3.65. The molecule has 4 heterocycles. The van der Waals surface area contributed by atoms with Crippen LogP contribution in [0, 0.1) is 12.8 Å². The molecular formula is C23H27N7O2. The molecule has 3 aromatic rings. The molecule has 3 aromatic heterocycles. The van der Waals surface area contributed by atoms with E-state index in [1.54, 1.807) is 11.2 Å². The monoisotopic (exact) mass is 433 g/mol. The second kappa shape index (κ2) is 7.15. The van der Waals surface area contributed by atoms with Crippen molar-refractivity contribution in [3.05, 3.63) is 35.2 Å². The molecule has 9 nitrogen and oxygen atoms in total. The molecule has 0 atom stereocenters. The van der Waals surface area contributed by atoms with Gasteiger partial charge in [-0.15, -0.1) is 0 Å². The Bertz CT molecular complexity index is 1210. The molecule has 3 aliphatic rings. The molecular weight excluding hydrogens is 406 g/mol. The predicted molar refractivity (Wildman–Crippen MR) is 119 cm³/mol. The van der Waals surface area contributed by atoms with Gasteiger partial charge < -0.3 is 20.0 Å². The maximum Gasteiger partial charge on any atom is 0.292 e. The second-order valence-corrected chi connectivity index (χ2v) is 9.61. The van der Waals surface area contributed by atoms with Gasteiger partial charge in [-0.3, -0.25) is 4.79 Å². The maximum atomic E-state index is 13.4. The van der Waals surface area contributed by atoms with Crippen LogP contribution >= 0.6 is 0 Å². The average Bonchev–Trinajstić information content (AvgIpc) is 3.70. The standard InChI is InChI=1S/C23H27N7O2/c1-13-9-16-19(29-23(2)6-7-23)27-20(28-21(16)32-13)22(31)30-8-5-15-17(11-30)25-12-26-18(15)24-10-14-3-4-14/h9,12,14H,3-8,10-11H2,1-2H3,(H,24,25,26)(H,27,28,29). The number of carbonyl (C=O) groups is 1. The number of carbonyl (C=O) groups excluding carboxylic acids is 1. The lowest BCUT2D eigenvalue weighted by molar-refractivity contribution is 0.0719. The zero-order valence-corrected chi connectivity index (χ0v) is 18.4. The first-order valence-electron chi connectivity index (χ1n) is 11.4. The van der Waals surface area contributed by atoms with Crippen molar-refractivity contribution >= 4 is 28.6 Å². The Balaban J connectivity index is 1.26. The number of furan rings is 1. The van der Waals surface area contributed by atoms with Crippen molar-refractivity contribution in [2.75, 3.05) is 23.7 Å². The van der Waals surface area contributed by atoms with Crippen molar-refractivity contribution in [1.82, 2.24) is 24.8 Å². The molecule has 0 bridgehead atoms. The SMILES string of the molecule is Cc1cc2c(NC3(C)CC3)nc(C(=O)N3CCc4c(ncnc4NCC4CC4)C3)nc2o1. The van der Waals surface area contributed by atoms with E-state index < -0.39 is 0 Å². The molecule has 2 fully saturated rings. The van der Waals surface area contributed by atoms with E-state index in [0.717, 1.165) is 53.5 Å². The molecule has 6 rings (SSSR count). The Labute approximate surface area is 186 Å². The summed E-state index contributed by atoms with van der Waals surface area (Å²) in [6.45, 7) is 5.99. The van der Waals surface area contributed by atoms with Crippen LogP contribution in [0.1, 0.15) is 60.2 Å². The summed E-state index contributed by atoms with van der Waals surface area (Å²) in [5.41, 5.74) is 2.47. The number of nitrogens with zero attached hydrogens (tertiary/aromatic N) is 5. The normalized spacial score (nSPS) is 19.0. The number of aromatic nitrogens is 4. The summed E-state index contributed by atoms with van der Waals surface area (Å²) in [6.07, 6.45) is 7.03. The molecule has 0 spiro atoms. The summed E-state index contributed by atoms with van der Waals surface area (Å²) >= 11 is 0. The summed E-state index contributed by atoms with van der Waals surface area (Å²) in [6, 6.07) is 1.92. The molecule has 2 saturated carbocycles. The van der Waals surface area contributed by atoms with E-state index in [9.17, 15) is 4.79 Å². The zero-order chi connectivity index (χ0) is 21.9. The quantitative estimate of drug-likeness (QED) is 0.609. The summed E-state index contributed by atoms with van der Waals surface area (Å²) in [7, 11) is 0. The van der Waals surface area contributed by atoms with E-state index in [1.165, 1.54) is 12.8 Å². The Morgan fingerprint density at radius 2 is 2.09 bits per heavy atom. The van der Waals surface area contributed by atoms with Crippen molar-refractivity contribution < 1.29 is 9.21 Å². The molecule has 0 unspecified atom stereocenters. The van der Waals surface area contributed by atoms with Crippen LogP contribution in [0.4, 0.5) is 11.6 Å². The second-order valence-electron chi connectivity index (χ2n) is 9.61. The molecule has 2 N–H and O–H groups in total. The zero-order valence-electron chi connectivity index (χ0n) is 18.4. The third-order valence-electron chi connectivity index (χ3n) is 6.68. The number of aryl methyl sites for hydroxylation is 1. The molecule has 9 heteroatoms. The largest absolute Gasteiger partial charge is 0.443 e. The lowest BCUT2D eigenvalue weighted by atomic mass is 10.1. The van der Waals surface area contributed by atoms with Crippen molar-refractivity contribution in [2.24, 2.45) is 5.92 Å². The van der Waals surface area contributed by atoms with E-state index in [2.05, 4.69) is 37.5 Å². The Morgan fingerprint density at radius 3 is 2.88 bits per heavy atom. The summed E-state index contributed by atoms with van der Waals surface area (Å²) in [5.74, 6) is 3.03. The van der Waals surface area contributed by atoms with Crippen LogP contribution in [0.2, 0.25) is 0 Å². The Hall–Kier alpha value is -3.23. The number of rotatable bonds is 6. The minimum absolute atomic E-state index is 0.0254. The van der Waals surface area contributed by atoms with Crippen LogP contribution in [-0.4, -0.2) is 49.4 Å². The van der Waals surface area contributed by atoms with Gasteiger partial charge in [0.1, 0.15) is 23.7 Å². The van der Waals surface area contributed by atoms with Crippen molar-refractivity contribution in [2.45, 2.75) is 58.0 Å². The topological polar surface area (TPSA) is 109 Å². The predicted octanol–water partition coefficient (Wildman–Crippen LogP) is 3.31. The van der Waals surface area contributed by atoms with Crippen molar-refractivity contribution in [3.63, 3.8) is 0 Å². The number of anilines is 2.